The number of benzene rings is 1. The highest BCUT2D eigenvalue weighted by Gasteiger charge is 2.25. The molecule has 1 heteroatoms. The molecule has 0 saturated heterocycles. The topological polar surface area (TPSA) is 23.8 Å². The summed E-state index contributed by atoms with van der Waals surface area (Å²) in [7, 11) is 0. The minimum Gasteiger partial charge on any atom is -0.193 e. The van der Waals surface area contributed by atoms with Crippen LogP contribution in [0.5, 0.6) is 0 Å². The van der Waals surface area contributed by atoms with Gasteiger partial charge in [0.2, 0.25) is 0 Å². The number of aryl methyl sites for hydroxylation is 1. The number of allylic oxidation sites excluding steroid dienone is 2. The van der Waals surface area contributed by atoms with Crippen molar-refractivity contribution in [3.63, 3.8) is 0 Å². The molecular weight excluding hydrogens is 398 g/mol. The van der Waals surface area contributed by atoms with Gasteiger partial charge in [0.05, 0.1) is 6.07 Å². The van der Waals surface area contributed by atoms with E-state index in [9.17, 15) is 0 Å². The third-order valence-corrected chi connectivity index (χ3v) is 8.75. The summed E-state index contributed by atoms with van der Waals surface area (Å²) in [4.78, 5) is 0. The molecule has 0 unspecified atom stereocenters. The van der Waals surface area contributed by atoms with E-state index in [0.717, 1.165) is 30.1 Å². The number of rotatable bonds is 13. The van der Waals surface area contributed by atoms with Crippen molar-refractivity contribution in [3.05, 3.63) is 47.5 Å². The van der Waals surface area contributed by atoms with Crippen LogP contribution in [-0.4, -0.2) is 0 Å². The number of hydrogen-bond donors (Lipinski definition) is 0. The van der Waals surface area contributed by atoms with Crippen LogP contribution < -0.4 is 0 Å². The van der Waals surface area contributed by atoms with Crippen LogP contribution in [0.4, 0.5) is 0 Å². The van der Waals surface area contributed by atoms with Crippen LogP contribution in [0, 0.1) is 29.1 Å². The molecule has 0 atom stereocenters. The molecule has 0 bridgehead atoms. The zero-order valence-electron chi connectivity index (χ0n) is 21.4. The van der Waals surface area contributed by atoms with Gasteiger partial charge in [-0.25, -0.2) is 0 Å². The highest BCUT2D eigenvalue weighted by Crippen LogP contribution is 2.40. The summed E-state index contributed by atoms with van der Waals surface area (Å²) >= 11 is 0. The Morgan fingerprint density at radius 1 is 0.758 bits per heavy atom. The third-order valence-electron chi connectivity index (χ3n) is 8.75. The highest BCUT2D eigenvalue weighted by molar-refractivity contribution is 5.26. The monoisotopic (exact) mass is 447 g/mol. The standard InChI is InChI=1S/C32H49N/c1-2-3-4-5-7-10-28-18-22-31(23-19-28)32-24-20-30(21-25-32)17-16-29-14-12-27(13-15-29)11-8-6-9-26-33/h6,9,18-19,22-23,27,29-30,32H,2-5,7-8,10-17,20-21,24-25H2,1H3. The normalized spacial score (nSPS) is 25.8. The summed E-state index contributed by atoms with van der Waals surface area (Å²) in [6, 6.07) is 11.8. The average molecular weight is 448 g/mol. The summed E-state index contributed by atoms with van der Waals surface area (Å²) in [6.07, 6.45) is 28.6. The summed E-state index contributed by atoms with van der Waals surface area (Å²) < 4.78 is 0. The molecule has 1 nitrogen and oxygen atoms in total. The van der Waals surface area contributed by atoms with Crippen molar-refractivity contribution in [2.45, 2.75) is 128 Å². The molecule has 0 N–H and O–H groups in total. The van der Waals surface area contributed by atoms with Crippen LogP contribution in [-0.2, 0) is 6.42 Å². The van der Waals surface area contributed by atoms with Crippen molar-refractivity contribution in [2.24, 2.45) is 17.8 Å². The minimum absolute atomic E-state index is 0.811. The molecule has 2 aliphatic rings. The highest BCUT2D eigenvalue weighted by atomic mass is 14.3. The van der Waals surface area contributed by atoms with Gasteiger partial charge in [0.25, 0.3) is 0 Å². The predicted molar refractivity (Wildman–Crippen MR) is 142 cm³/mol. The maximum absolute atomic E-state index is 8.60. The minimum atomic E-state index is 0.811. The van der Waals surface area contributed by atoms with E-state index in [2.05, 4.69) is 37.3 Å². The first kappa shape index (κ1) is 26.1. The van der Waals surface area contributed by atoms with E-state index in [1.807, 2.05) is 6.08 Å². The Hall–Kier alpha value is -1.55. The molecule has 182 valence electrons. The SMILES string of the molecule is CCCCCCCc1ccc(C2CCC(CCC3CCC(CCC=CC#N)CC3)CC2)cc1. The first-order valence-corrected chi connectivity index (χ1v) is 14.4. The fourth-order valence-corrected chi connectivity index (χ4v) is 6.42. The molecule has 3 rings (SSSR count). The van der Waals surface area contributed by atoms with Crippen molar-refractivity contribution in [1.29, 1.82) is 5.26 Å². The van der Waals surface area contributed by atoms with Crippen LogP contribution >= 0.6 is 0 Å². The Balaban J connectivity index is 1.27. The Morgan fingerprint density at radius 3 is 1.94 bits per heavy atom. The molecule has 1 aromatic rings. The van der Waals surface area contributed by atoms with Crippen LogP contribution in [0.3, 0.4) is 0 Å². The molecule has 0 spiro atoms. The maximum atomic E-state index is 8.60. The van der Waals surface area contributed by atoms with Crippen molar-refractivity contribution in [2.75, 3.05) is 0 Å². The molecule has 1 aromatic carbocycles. The lowest BCUT2D eigenvalue weighted by Gasteiger charge is -2.32. The van der Waals surface area contributed by atoms with E-state index in [1.165, 1.54) is 115 Å². The van der Waals surface area contributed by atoms with Gasteiger partial charge in [-0.15, -0.1) is 0 Å². The molecule has 2 fully saturated rings. The molecule has 0 radical (unpaired) electrons. The number of unbranched alkanes of at least 4 members (excludes halogenated alkanes) is 4. The number of hydrogen-bond acceptors (Lipinski definition) is 1. The van der Waals surface area contributed by atoms with Crippen LogP contribution in [0.15, 0.2) is 36.4 Å². The number of nitriles is 1. The van der Waals surface area contributed by atoms with Gasteiger partial charge in [0.15, 0.2) is 0 Å². The fourth-order valence-electron chi connectivity index (χ4n) is 6.42. The quantitative estimate of drug-likeness (QED) is 0.218. The van der Waals surface area contributed by atoms with E-state index >= 15 is 0 Å². The second-order valence-corrected chi connectivity index (χ2v) is 11.2. The smallest absolute Gasteiger partial charge is 0.0908 e. The van der Waals surface area contributed by atoms with E-state index in [1.54, 1.807) is 11.6 Å². The second kappa shape index (κ2) is 15.4. The third kappa shape index (κ3) is 9.68. The van der Waals surface area contributed by atoms with Crippen LogP contribution in [0.25, 0.3) is 0 Å². The second-order valence-electron chi connectivity index (χ2n) is 11.2. The van der Waals surface area contributed by atoms with Crippen molar-refractivity contribution >= 4 is 0 Å². The maximum Gasteiger partial charge on any atom is 0.0908 e. The fraction of sp³-hybridized carbons (Fsp3) is 0.719. The summed E-state index contributed by atoms with van der Waals surface area (Å²) in [6.45, 7) is 2.29. The lowest BCUT2D eigenvalue weighted by molar-refractivity contribution is 0.225. The molecule has 2 saturated carbocycles. The summed E-state index contributed by atoms with van der Waals surface area (Å²) in [5.41, 5.74) is 3.14. The zero-order chi connectivity index (χ0) is 23.1. The van der Waals surface area contributed by atoms with Crippen LogP contribution in [0.1, 0.15) is 133 Å². The Bertz CT molecular complexity index is 693. The predicted octanol–water partition coefficient (Wildman–Crippen LogP) is 9.92. The zero-order valence-corrected chi connectivity index (χ0v) is 21.4. The van der Waals surface area contributed by atoms with Gasteiger partial charge in [-0.05, 0) is 86.2 Å². The molecule has 33 heavy (non-hydrogen) atoms. The van der Waals surface area contributed by atoms with E-state index in [4.69, 9.17) is 5.26 Å². The summed E-state index contributed by atoms with van der Waals surface area (Å²) in [5.74, 6) is 3.69. The van der Waals surface area contributed by atoms with Gasteiger partial charge in [0.1, 0.15) is 0 Å². The molecule has 2 aliphatic carbocycles. The van der Waals surface area contributed by atoms with Gasteiger partial charge in [-0.3, -0.25) is 0 Å². The van der Waals surface area contributed by atoms with E-state index < -0.39 is 0 Å². The largest absolute Gasteiger partial charge is 0.193 e. The van der Waals surface area contributed by atoms with Crippen LogP contribution in [0.2, 0.25) is 0 Å². The molecular formula is C32H49N. The number of nitrogens with zero attached hydrogens (tertiary/aromatic N) is 1. The average Bonchev–Trinajstić information content (AvgIpc) is 2.87. The molecule has 0 aromatic heterocycles. The van der Waals surface area contributed by atoms with Gasteiger partial charge in [-0.2, -0.15) is 5.26 Å². The van der Waals surface area contributed by atoms with Gasteiger partial charge in [-0.1, -0.05) is 101 Å². The molecule has 0 aliphatic heterocycles. The first-order valence-electron chi connectivity index (χ1n) is 14.4. The first-order chi connectivity index (χ1) is 16.3. The van der Waals surface area contributed by atoms with Gasteiger partial charge in [0, 0.05) is 6.08 Å². The Morgan fingerprint density at radius 2 is 1.33 bits per heavy atom. The summed E-state index contributed by atoms with van der Waals surface area (Å²) in [5, 5.41) is 8.60. The van der Waals surface area contributed by atoms with Crippen molar-refractivity contribution in [1.82, 2.24) is 0 Å². The lowest BCUT2D eigenvalue weighted by atomic mass is 9.74. The van der Waals surface area contributed by atoms with E-state index in [-0.39, 0.29) is 0 Å². The van der Waals surface area contributed by atoms with Crippen molar-refractivity contribution < 1.29 is 0 Å². The van der Waals surface area contributed by atoms with Crippen molar-refractivity contribution in [3.8, 4) is 6.07 Å². The Kier molecular flexibility index (Phi) is 12.1. The molecule has 0 amide bonds. The Labute approximate surface area is 205 Å². The molecule has 0 heterocycles. The van der Waals surface area contributed by atoms with Gasteiger partial charge < -0.3 is 0 Å². The van der Waals surface area contributed by atoms with Gasteiger partial charge >= 0.3 is 0 Å². The van der Waals surface area contributed by atoms with E-state index in [0.29, 0.717) is 0 Å². The lowest BCUT2D eigenvalue weighted by Crippen LogP contribution is -2.17.